The summed E-state index contributed by atoms with van der Waals surface area (Å²) in [6.45, 7) is 6.34. The van der Waals surface area contributed by atoms with Gasteiger partial charge in [-0.1, -0.05) is 13.8 Å². The summed E-state index contributed by atoms with van der Waals surface area (Å²) in [5.74, 6) is 0.264. The van der Waals surface area contributed by atoms with Gasteiger partial charge in [-0.2, -0.15) is 0 Å². The number of carbonyl (C=O) groups excluding carboxylic acids is 1. The molecule has 1 aliphatic heterocycles. The van der Waals surface area contributed by atoms with E-state index in [4.69, 9.17) is 0 Å². The maximum absolute atomic E-state index is 12.5. The molecule has 0 bridgehead atoms. The van der Waals surface area contributed by atoms with E-state index < -0.39 is 0 Å². The van der Waals surface area contributed by atoms with Gasteiger partial charge in [-0.3, -0.25) is 4.79 Å². The predicted molar refractivity (Wildman–Crippen MR) is 75.3 cm³/mol. The zero-order chi connectivity index (χ0) is 12.8. The van der Waals surface area contributed by atoms with E-state index in [1.54, 1.807) is 11.3 Å². The van der Waals surface area contributed by atoms with Crippen LogP contribution in [0.1, 0.15) is 53.2 Å². The molecule has 2 aliphatic rings. The molecule has 3 rings (SSSR count). The van der Waals surface area contributed by atoms with E-state index in [1.807, 2.05) is 4.90 Å². The lowest BCUT2D eigenvalue weighted by Gasteiger charge is -2.19. The number of nitrogens with zero attached hydrogens (tertiary/aromatic N) is 1. The molecule has 0 radical (unpaired) electrons. The Balaban J connectivity index is 1.78. The average Bonchev–Trinajstić information content (AvgIpc) is 2.91. The maximum atomic E-state index is 12.5. The molecule has 1 aliphatic carbocycles. The highest BCUT2D eigenvalue weighted by Gasteiger charge is 2.33. The number of hydrogen-bond donors (Lipinski definition) is 0. The minimum Gasteiger partial charge on any atom is -0.337 e. The molecule has 0 N–H and O–H groups in total. The highest BCUT2D eigenvalue weighted by molar-refractivity contribution is 7.14. The van der Waals surface area contributed by atoms with Gasteiger partial charge in [0.05, 0.1) is 4.88 Å². The number of likely N-dealkylation sites (tertiary alicyclic amines) is 1. The summed E-state index contributed by atoms with van der Waals surface area (Å²) in [6.07, 6.45) is 6.05. The van der Waals surface area contributed by atoms with Gasteiger partial charge in [0.2, 0.25) is 0 Å². The molecule has 2 heterocycles. The second-order valence-electron chi connectivity index (χ2n) is 6.41. The zero-order valence-electron chi connectivity index (χ0n) is 11.3. The van der Waals surface area contributed by atoms with E-state index in [0.29, 0.717) is 5.41 Å². The lowest BCUT2D eigenvalue weighted by Crippen LogP contribution is -2.29. The number of hydrogen-bond acceptors (Lipinski definition) is 2. The van der Waals surface area contributed by atoms with Crippen molar-refractivity contribution in [2.75, 3.05) is 13.1 Å². The largest absolute Gasteiger partial charge is 0.337 e. The fourth-order valence-corrected chi connectivity index (χ4v) is 4.26. The lowest BCUT2D eigenvalue weighted by molar-refractivity contribution is 0.0783. The Hall–Kier alpha value is -0.830. The van der Waals surface area contributed by atoms with Crippen molar-refractivity contribution >= 4 is 17.2 Å². The summed E-state index contributed by atoms with van der Waals surface area (Å²) in [5, 5.41) is 0. The first-order valence-corrected chi connectivity index (χ1v) is 7.78. The van der Waals surface area contributed by atoms with Crippen molar-refractivity contribution in [3.63, 3.8) is 0 Å². The van der Waals surface area contributed by atoms with Gasteiger partial charge < -0.3 is 4.90 Å². The first-order chi connectivity index (χ1) is 8.55. The molecule has 18 heavy (non-hydrogen) atoms. The molecule has 3 heteroatoms. The normalized spacial score (nSPS) is 22.0. The summed E-state index contributed by atoms with van der Waals surface area (Å²) in [7, 11) is 0. The van der Waals surface area contributed by atoms with Crippen molar-refractivity contribution < 1.29 is 4.79 Å². The third kappa shape index (κ3) is 2.20. The number of amides is 1. The highest BCUT2D eigenvalue weighted by Crippen LogP contribution is 2.33. The molecule has 0 unspecified atom stereocenters. The predicted octanol–water partition coefficient (Wildman–Crippen LogP) is 3.50. The number of carbonyl (C=O) groups is 1. The van der Waals surface area contributed by atoms with Crippen LogP contribution < -0.4 is 0 Å². The molecule has 1 saturated heterocycles. The van der Waals surface area contributed by atoms with Crippen molar-refractivity contribution in [3.8, 4) is 0 Å². The highest BCUT2D eigenvalue weighted by atomic mass is 32.1. The number of aryl methyl sites for hydroxylation is 2. The third-order valence-electron chi connectivity index (χ3n) is 4.17. The minimum absolute atomic E-state index is 0.264. The van der Waals surface area contributed by atoms with Gasteiger partial charge in [0.25, 0.3) is 5.91 Å². The SMILES string of the molecule is CC1(C)CCN(C(=O)c2cc3c(s2)CCCC3)C1. The van der Waals surface area contributed by atoms with E-state index in [0.717, 1.165) is 24.4 Å². The van der Waals surface area contributed by atoms with Gasteiger partial charge in [0, 0.05) is 18.0 Å². The minimum atomic E-state index is 0.264. The van der Waals surface area contributed by atoms with Crippen molar-refractivity contribution in [1.82, 2.24) is 4.90 Å². The molecule has 1 fully saturated rings. The molecule has 0 aromatic carbocycles. The average molecular weight is 263 g/mol. The van der Waals surface area contributed by atoms with Crippen LogP contribution >= 0.6 is 11.3 Å². The first-order valence-electron chi connectivity index (χ1n) is 6.96. The molecule has 1 amide bonds. The van der Waals surface area contributed by atoms with Gasteiger partial charge in [0.1, 0.15) is 0 Å². The molecule has 0 saturated carbocycles. The second kappa shape index (κ2) is 4.37. The zero-order valence-corrected chi connectivity index (χ0v) is 12.1. The van der Waals surface area contributed by atoms with Crippen LogP contribution in [0.3, 0.4) is 0 Å². The van der Waals surface area contributed by atoms with Crippen molar-refractivity contribution in [2.24, 2.45) is 5.41 Å². The molecule has 98 valence electrons. The Labute approximate surface area is 113 Å². The number of thiophene rings is 1. The molecular weight excluding hydrogens is 242 g/mol. The van der Waals surface area contributed by atoms with Gasteiger partial charge >= 0.3 is 0 Å². The van der Waals surface area contributed by atoms with Gasteiger partial charge in [-0.15, -0.1) is 11.3 Å². The maximum Gasteiger partial charge on any atom is 0.263 e. The van der Waals surface area contributed by atoms with Crippen LogP contribution in [0.15, 0.2) is 6.07 Å². The molecule has 1 aromatic rings. The molecule has 1 aromatic heterocycles. The summed E-state index contributed by atoms with van der Waals surface area (Å²) in [6, 6.07) is 2.16. The third-order valence-corrected chi connectivity index (χ3v) is 5.40. The van der Waals surface area contributed by atoms with Crippen LogP contribution in [0.5, 0.6) is 0 Å². The van der Waals surface area contributed by atoms with E-state index in [-0.39, 0.29) is 5.91 Å². The van der Waals surface area contributed by atoms with Crippen LogP contribution in [0.25, 0.3) is 0 Å². The van der Waals surface area contributed by atoms with E-state index in [2.05, 4.69) is 19.9 Å². The Morgan fingerprint density at radius 1 is 1.33 bits per heavy atom. The van der Waals surface area contributed by atoms with Crippen LogP contribution in [0.2, 0.25) is 0 Å². The molecule has 0 atom stereocenters. The van der Waals surface area contributed by atoms with Crippen molar-refractivity contribution in [3.05, 3.63) is 21.4 Å². The van der Waals surface area contributed by atoms with Crippen LogP contribution in [0.4, 0.5) is 0 Å². The van der Waals surface area contributed by atoms with Crippen LogP contribution in [-0.4, -0.2) is 23.9 Å². The summed E-state index contributed by atoms with van der Waals surface area (Å²) in [5.41, 5.74) is 1.74. The van der Waals surface area contributed by atoms with E-state index in [9.17, 15) is 4.79 Å². The van der Waals surface area contributed by atoms with Crippen molar-refractivity contribution in [2.45, 2.75) is 46.0 Å². The molecular formula is C15H21NOS. The fraction of sp³-hybridized carbons (Fsp3) is 0.667. The van der Waals surface area contributed by atoms with E-state index in [1.165, 1.54) is 36.1 Å². The Morgan fingerprint density at radius 2 is 2.11 bits per heavy atom. The van der Waals surface area contributed by atoms with Crippen molar-refractivity contribution in [1.29, 1.82) is 0 Å². The van der Waals surface area contributed by atoms with Gasteiger partial charge in [0.15, 0.2) is 0 Å². The smallest absolute Gasteiger partial charge is 0.263 e. The topological polar surface area (TPSA) is 20.3 Å². The van der Waals surface area contributed by atoms with Crippen LogP contribution in [-0.2, 0) is 12.8 Å². The number of fused-ring (bicyclic) bond motifs is 1. The second-order valence-corrected chi connectivity index (χ2v) is 7.54. The first kappa shape index (κ1) is 12.2. The van der Waals surface area contributed by atoms with Gasteiger partial charge in [-0.25, -0.2) is 0 Å². The Morgan fingerprint density at radius 3 is 2.78 bits per heavy atom. The standard InChI is InChI=1S/C15H21NOS/c1-15(2)7-8-16(10-15)14(17)13-9-11-5-3-4-6-12(11)18-13/h9H,3-8,10H2,1-2H3. The summed E-state index contributed by atoms with van der Waals surface area (Å²) < 4.78 is 0. The quantitative estimate of drug-likeness (QED) is 0.759. The Kier molecular flexibility index (Phi) is 2.97. The van der Waals surface area contributed by atoms with Gasteiger partial charge in [-0.05, 0) is 49.1 Å². The number of rotatable bonds is 1. The molecule has 2 nitrogen and oxygen atoms in total. The van der Waals surface area contributed by atoms with E-state index >= 15 is 0 Å². The monoisotopic (exact) mass is 263 g/mol. The molecule has 0 spiro atoms. The fourth-order valence-electron chi connectivity index (χ4n) is 3.04. The van der Waals surface area contributed by atoms with Crippen LogP contribution in [0, 0.1) is 5.41 Å². The summed E-state index contributed by atoms with van der Waals surface area (Å²) >= 11 is 1.74. The Bertz CT molecular complexity index is 451. The summed E-state index contributed by atoms with van der Waals surface area (Å²) in [4.78, 5) is 17.0. The lowest BCUT2D eigenvalue weighted by atomic mass is 9.93.